The molecule has 2 rings (SSSR count). The molecule has 1 N–H and O–H groups in total. The van der Waals surface area contributed by atoms with E-state index in [0.29, 0.717) is 24.5 Å². The Morgan fingerprint density at radius 1 is 1.38 bits per heavy atom. The number of carbonyl (C=O) groups is 2. The zero-order valence-electron chi connectivity index (χ0n) is 17.2. The smallest absolute Gasteiger partial charge is 0.526 e. The highest BCUT2D eigenvalue weighted by Gasteiger charge is 2.38. The molecule has 1 atom stereocenters. The van der Waals surface area contributed by atoms with Crippen LogP contribution in [0.2, 0.25) is 5.82 Å². The fourth-order valence-electron chi connectivity index (χ4n) is 3.31. The lowest BCUT2D eigenvalue weighted by Gasteiger charge is -2.28. The summed E-state index contributed by atoms with van der Waals surface area (Å²) in [6.07, 6.45) is 1.22. The van der Waals surface area contributed by atoms with Crippen LogP contribution in [0.25, 0.3) is 0 Å². The van der Waals surface area contributed by atoms with Crippen molar-refractivity contribution in [3.05, 3.63) is 29.3 Å². The summed E-state index contributed by atoms with van der Waals surface area (Å²) in [5.41, 5.74) is 0.923. The summed E-state index contributed by atoms with van der Waals surface area (Å²) in [6.45, 7) is 5.28. The van der Waals surface area contributed by atoms with Crippen LogP contribution in [0.3, 0.4) is 0 Å². The van der Waals surface area contributed by atoms with Gasteiger partial charge in [0.25, 0.3) is 0 Å². The lowest BCUT2D eigenvalue weighted by atomic mass is 9.64. The average molecular weight is 410 g/mol. The Balaban J connectivity index is 1.99. The van der Waals surface area contributed by atoms with E-state index in [2.05, 4.69) is 13.8 Å². The largest absolute Gasteiger partial charge is 0.535 e. The van der Waals surface area contributed by atoms with Crippen molar-refractivity contribution in [3.8, 4) is 5.75 Å². The molecule has 0 amide bonds. The van der Waals surface area contributed by atoms with Crippen LogP contribution in [0.1, 0.15) is 68.8 Å². The molecule has 0 aromatic heterocycles. The zero-order chi connectivity index (χ0) is 21.6. The van der Waals surface area contributed by atoms with E-state index in [9.17, 15) is 23.4 Å². The number of Topliss-reactive ketones (excluding diaryl/α,β-unsaturated/α-hetero) is 1. The molecular weight excluding hydrogens is 381 g/mol. The number of hydrogen-bond acceptors (Lipinski definition) is 5. The Morgan fingerprint density at radius 2 is 2.10 bits per heavy atom. The number of fused-ring (bicyclic) bond motifs is 1. The van der Waals surface area contributed by atoms with Crippen LogP contribution < -0.4 is 4.65 Å². The van der Waals surface area contributed by atoms with Gasteiger partial charge in [0.1, 0.15) is 17.1 Å². The van der Waals surface area contributed by atoms with Crippen LogP contribution in [0.5, 0.6) is 5.75 Å². The number of ether oxygens (including phenoxy) is 1. The van der Waals surface area contributed by atoms with Gasteiger partial charge in [0.15, 0.2) is 0 Å². The van der Waals surface area contributed by atoms with Crippen molar-refractivity contribution in [2.75, 3.05) is 6.61 Å². The molecule has 1 aromatic carbocycles. The van der Waals surface area contributed by atoms with Gasteiger partial charge in [-0.25, -0.2) is 13.6 Å². The second-order valence-electron chi connectivity index (χ2n) is 8.25. The maximum absolute atomic E-state index is 12.9. The summed E-state index contributed by atoms with van der Waals surface area (Å²) in [6, 6.07) is 5.03. The van der Waals surface area contributed by atoms with Gasteiger partial charge in [-0.2, -0.15) is 0 Å². The molecule has 0 bridgehead atoms. The van der Waals surface area contributed by atoms with Gasteiger partial charge in [0, 0.05) is 25.1 Å². The molecule has 5 nitrogen and oxygen atoms in total. The van der Waals surface area contributed by atoms with Crippen molar-refractivity contribution in [1.82, 2.24) is 0 Å². The monoisotopic (exact) mass is 410 g/mol. The molecule has 1 aromatic rings. The number of esters is 1. The van der Waals surface area contributed by atoms with Crippen LogP contribution in [0.4, 0.5) is 8.78 Å². The first-order valence-electron chi connectivity index (χ1n) is 10.1. The van der Waals surface area contributed by atoms with Gasteiger partial charge < -0.3 is 14.4 Å². The van der Waals surface area contributed by atoms with Gasteiger partial charge in [-0.3, -0.25) is 4.79 Å². The molecule has 1 aliphatic heterocycles. The number of alkyl halides is 2. The van der Waals surface area contributed by atoms with Gasteiger partial charge in [-0.05, 0) is 43.7 Å². The van der Waals surface area contributed by atoms with E-state index >= 15 is 0 Å². The third kappa shape index (κ3) is 7.42. The van der Waals surface area contributed by atoms with Crippen molar-refractivity contribution in [2.45, 2.75) is 71.0 Å². The topological polar surface area (TPSA) is 72.8 Å². The Hall–Kier alpha value is -1.96. The van der Waals surface area contributed by atoms with E-state index in [1.807, 2.05) is 0 Å². The van der Waals surface area contributed by atoms with Crippen LogP contribution >= 0.6 is 0 Å². The highest BCUT2D eigenvalue weighted by molar-refractivity contribution is 6.47. The van der Waals surface area contributed by atoms with E-state index in [0.717, 1.165) is 19.8 Å². The first kappa shape index (κ1) is 23.3. The second-order valence-corrected chi connectivity index (χ2v) is 8.25. The summed E-state index contributed by atoms with van der Waals surface area (Å²) in [7, 11) is -1.29. The molecule has 0 spiro atoms. The maximum Gasteiger partial charge on any atom is 0.526 e. The van der Waals surface area contributed by atoms with E-state index in [-0.39, 0.29) is 29.9 Å². The van der Waals surface area contributed by atoms with Gasteiger partial charge in [-0.1, -0.05) is 26.0 Å². The maximum atomic E-state index is 12.9. The first-order chi connectivity index (χ1) is 13.6. The number of rotatable bonds is 10. The fraction of sp³-hybridized carbons (Fsp3) is 0.619. The third-order valence-electron chi connectivity index (χ3n) is 4.93. The summed E-state index contributed by atoms with van der Waals surface area (Å²) >= 11 is 0. The predicted molar refractivity (Wildman–Crippen MR) is 106 cm³/mol. The van der Waals surface area contributed by atoms with Gasteiger partial charge >= 0.3 is 13.1 Å². The van der Waals surface area contributed by atoms with E-state index < -0.39 is 31.2 Å². The van der Waals surface area contributed by atoms with Gasteiger partial charge in [0.05, 0.1) is 6.61 Å². The molecule has 1 aliphatic rings. The number of benzene rings is 1. The predicted octanol–water partition coefficient (Wildman–Crippen LogP) is 4.46. The summed E-state index contributed by atoms with van der Waals surface area (Å²) in [5, 5.41) is 10.3. The normalized spacial score (nSPS) is 16.4. The summed E-state index contributed by atoms with van der Waals surface area (Å²) in [4.78, 5) is 24.4. The molecule has 0 unspecified atom stereocenters. The quantitative estimate of drug-likeness (QED) is 0.350. The van der Waals surface area contributed by atoms with E-state index in [1.54, 1.807) is 18.2 Å². The Labute approximate surface area is 170 Å². The molecule has 0 saturated heterocycles. The molecular formula is C21H29BF2O5. The molecule has 1 heterocycles. The molecule has 0 fully saturated rings. The third-order valence-corrected chi connectivity index (χ3v) is 4.93. The minimum Gasteiger partial charge on any atom is -0.535 e. The minimum atomic E-state index is -2.89. The Bertz CT molecular complexity index is 718. The van der Waals surface area contributed by atoms with Crippen molar-refractivity contribution < 1.29 is 32.8 Å². The fourth-order valence-corrected chi connectivity index (χ4v) is 3.31. The van der Waals surface area contributed by atoms with Crippen molar-refractivity contribution in [1.29, 1.82) is 0 Å². The van der Waals surface area contributed by atoms with Crippen LogP contribution in [-0.4, -0.2) is 36.4 Å². The summed E-state index contributed by atoms with van der Waals surface area (Å²) in [5.74, 6) is -3.51. The van der Waals surface area contributed by atoms with Crippen molar-refractivity contribution >= 4 is 18.9 Å². The SMILES string of the molecule is CC(C)CCCOC(=O)c1cccc2c1OB(O)[C@@H](CC(=O)CCC(C)(F)F)C2. The molecule has 0 radical (unpaired) electrons. The summed E-state index contributed by atoms with van der Waals surface area (Å²) < 4.78 is 36.7. The zero-order valence-corrected chi connectivity index (χ0v) is 17.2. The number of ketones is 1. The molecule has 0 saturated carbocycles. The van der Waals surface area contributed by atoms with Crippen LogP contribution in [0.15, 0.2) is 18.2 Å². The molecule has 8 heteroatoms. The number of hydrogen-bond donors (Lipinski definition) is 1. The average Bonchev–Trinajstić information content (AvgIpc) is 2.63. The van der Waals surface area contributed by atoms with Gasteiger partial charge in [0.2, 0.25) is 5.92 Å². The van der Waals surface area contributed by atoms with Gasteiger partial charge in [-0.15, -0.1) is 0 Å². The highest BCUT2D eigenvalue weighted by atomic mass is 19.3. The van der Waals surface area contributed by atoms with Crippen molar-refractivity contribution in [3.63, 3.8) is 0 Å². The van der Waals surface area contributed by atoms with Crippen molar-refractivity contribution in [2.24, 2.45) is 5.92 Å². The number of halogens is 2. The second kappa shape index (κ2) is 10.2. The van der Waals surface area contributed by atoms with E-state index in [1.165, 1.54) is 0 Å². The molecule has 160 valence electrons. The lowest BCUT2D eigenvalue weighted by molar-refractivity contribution is -0.121. The first-order valence-corrected chi connectivity index (χ1v) is 10.1. The Kier molecular flexibility index (Phi) is 8.19. The Morgan fingerprint density at radius 3 is 2.76 bits per heavy atom. The molecule has 29 heavy (non-hydrogen) atoms. The number of para-hydroxylation sites is 1. The van der Waals surface area contributed by atoms with Crippen LogP contribution in [-0.2, 0) is 16.0 Å². The molecule has 0 aliphatic carbocycles. The minimum absolute atomic E-state index is 0.0550. The highest BCUT2D eigenvalue weighted by Crippen LogP contribution is 2.37. The standard InChI is InChI=1S/C21H29BF2O5/c1-14(2)6-5-11-28-20(26)18-8-4-7-15-12-16(22(27)29-19(15)18)13-17(25)9-10-21(3,23)24/h4,7-8,14,16,27H,5-6,9-13H2,1-3H3/t16-/m1/s1. The van der Waals surface area contributed by atoms with Crippen LogP contribution in [0, 0.1) is 5.92 Å². The number of carbonyl (C=O) groups excluding carboxylic acids is 2. The lowest BCUT2D eigenvalue weighted by Crippen LogP contribution is -2.36. The van der Waals surface area contributed by atoms with E-state index in [4.69, 9.17) is 9.39 Å².